The van der Waals surface area contributed by atoms with Gasteiger partial charge in [-0.1, -0.05) is 12.1 Å². The number of carbonyl (C=O) groups is 1. The lowest BCUT2D eigenvalue weighted by molar-refractivity contribution is -0.117. The maximum atomic E-state index is 12.0. The Hall–Kier alpha value is -2.06. The Morgan fingerprint density at radius 3 is 2.74 bits per heavy atom. The van der Waals surface area contributed by atoms with Gasteiger partial charge in [-0.25, -0.2) is 0 Å². The normalized spacial score (nSPS) is 10.5. The highest BCUT2D eigenvalue weighted by Gasteiger charge is 2.14. The third-order valence-electron chi connectivity index (χ3n) is 2.82. The van der Waals surface area contributed by atoms with E-state index in [0.29, 0.717) is 24.3 Å². The van der Waals surface area contributed by atoms with E-state index in [9.17, 15) is 4.79 Å². The molecular weight excluding hydrogens is 240 g/mol. The largest absolute Gasteiger partial charge is 0.397 e. The third kappa shape index (κ3) is 4.98. The molecule has 0 unspecified atom stereocenters. The number of nitrogens with two attached hydrogens (primary N) is 1. The summed E-state index contributed by atoms with van der Waals surface area (Å²) in [5.41, 5.74) is 6.94. The quantitative estimate of drug-likeness (QED) is 0.764. The summed E-state index contributed by atoms with van der Waals surface area (Å²) < 4.78 is 0. The molecule has 0 aliphatic carbocycles. The van der Waals surface area contributed by atoms with Gasteiger partial charge in [0.1, 0.15) is 0 Å². The summed E-state index contributed by atoms with van der Waals surface area (Å²) in [5.74, 6) is -0.121. The van der Waals surface area contributed by atoms with Gasteiger partial charge in [0.2, 0.25) is 5.91 Å². The third-order valence-corrected chi connectivity index (χ3v) is 2.82. The molecule has 1 aromatic carbocycles. The Labute approximate surface area is 114 Å². The van der Waals surface area contributed by atoms with E-state index in [1.165, 1.54) is 0 Å². The number of nitrogen functional groups attached to an aromatic ring is 1. The molecule has 0 atom stereocenters. The highest BCUT2D eigenvalue weighted by molar-refractivity contribution is 5.95. The van der Waals surface area contributed by atoms with Gasteiger partial charge >= 0.3 is 0 Å². The van der Waals surface area contributed by atoms with Gasteiger partial charge in [0.15, 0.2) is 0 Å². The molecule has 0 fully saturated rings. The van der Waals surface area contributed by atoms with Crippen molar-refractivity contribution in [2.24, 2.45) is 0 Å². The van der Waals surface area contributed by atoms with Crippen LogP contribution in [0.5, 0.6) is 0 Å². The summed E-state index contributed by atoms with van der Waals surface area (Å²) in [6.07, 6.45) is 0.416. The van der Waals surface area contributed by atoms with Gasteiger partial charge in [-0.15, -0.1) is 0 Å². The summed E-state index contributed by atoms with van der Waals surface area (Å²) in [5, 5.41) is 11.4. The minimum atomic E-state index is -0.121. The average molecular weight is 260 g/mol. The van der Waals surface area contributed by atoms with Crippen molar-refractivity contribution in [3.05, 3.63) is 24.3 Å². The Morgan fingerprint density at radius 1 is 1.47 bits per heavy atom. The highest BCUT2D eigenvalue weighted by atomic mass is 16.2. The maximum Gasteiger partial charge on any atom is 0.238 e. The minimum Gasteiger partial charge on any atom is -0.397 e. The van der Waals surface area contributed by atoms with Crippen LogP contribution in [0.15, 0.2) is 24.3 Å². The van der Waals surface area contributed by atoms with E-state index in [0.717, 1.165) is 0 Å². The molecule has 3 N–H and O–H groups in total. The molecular formula is C14H20N4O. The molecule has 0 saturated carbocycles. The van der Waals surface area contributed by atoms with E-state index >= 15 is 0 Å². The van der Waals surface area contributed by atoms with Crippen molar-refractivity contribution < 1.29 is 4.79 Å². The molecule has 0 spiro atoms. The number of amides is 1. The van der Waals surface area contributed by atoms with Gasteiger partial charge in [-0.3, -0.25) is 9.69 Å². The van der Waals surface area contributed by atoms with E-state index < -0.39 is 0 Å². The van der Waals surface area contributed by atoms with Crippen LogP contribution in [0.2, 0.25) is 0 Å². The van der Waals surface area contributed by atoms with Crippen LogP contribution in [-0.2, 0) is 4.79 Å². The van der Waals surface area contributed by atoms with E-state index in [2.05, 4.69) is 11.4 Å². The lowest BCUT2D eigenvalue weighted by atomic mass is 10.2. The van der Waals surface area contributed by atoms with Crippen LogP contribution in [0.1, 0.15) is 20.3 Å². The SMILES string of the molecule is CC(C)N(CCC#N)CC(=O)Nc1ccccc1N. The highest BCUT2D eigenvalue weighted by Crippen LogP contribution is 2.16. The van der Waals surface area contributed by atoms with Crippen molar-refractivity contribution in [2.75, 3.05) is 24.1 Å². The fraction of sp³-hybridized carbons (Fsp3) is 0.429. The fourth-order valence-corrected chi connectivity index (χ4v) is 1.70. The van der Waals surface area contributed by atoms with Crippen molar-refractivity contribution in [1.82, 2.24) is 4.90 Å². The summed E-state index contributed by atoms with van der Waals surface area (Å²) >= 11 is 0. The number of benzene rings is 1. The standard InChI is InChI=1S/C14H20N4O/c1-11(2)18(9-5-8-15)10-14(19)17-13-7-4-3-6-12(13)16/h3-4,6-7,11H,5,9-10,16H2,1-2H3,(H,17,19). The molecule has 19 heavy (non-hydrogen) atoms. The van der Waals surface area contributed by atoms with Gasteiger partial charge in [0.25, 0.3) is 0 Å². The number of nitrogens with zero attached hydrogens (tertiary/aromatic N) is 2. The number of carbonyl (C=O) groups excluding carboxylic acids is 1. The predicted molar refractivity (Wildman–Crippen MR) is 76.4 cm³/mol. The van der Waals surface area contributed by atoms with E-state index in [1.807, 2.05) is 30.9 Å². The topological polar surface area (TPSA) is 82.2 Å². The summed E-state index contributed by atoms with van der Waals surface area (Å²) in [6, 6.07) is 9.45. The van der Waals surface area contributed by atoms with Gasteiger partial charge in [-0.05, 0) is 26.0 Å². The molecule has 0 radical (unpaired) electrons. The second kappa shape index (κ2) is 7.39. The van der Waals surface area contributed by atoms with Crippen LogP contribution in [0.25, 0.3) is 0 Å². The van der Waals surface area contributed by atoms with Gasteiger partial charge in [0.05, 0.1) is 24.0 Å². The first-order valence-electron chi connectivity index (χ1n) is 6.30. The van der Waals surface area contributed by atoms with E-state index in [-0.39, 0.29) is 18.5 Å². The molecule has 5 heteroatoms. The van der Waals surface area contributed by atoms with Crippen molar-refractivity contribution in [2.45, 2.75) is 26.3 Å². The smallest absolute Gasteiger partial charge is 0.238 e. The van der Waals surface area contributed by atoms with Crippen LogP contribution in [0, 0.1) is 11.3 Å². The molecule has 1 amide bonds. The molecule has 1 rings (SSSR count). The number of nitrogens with one attached hydrogen (secondary N) is 1. The van der Waals surface area contributed by atoms with Gasteiger partial charge in [-0.2, -0.15) is 5.26 Å². The van der Waals surface area contributed by atoms with E-state index in [1.54, 1.807) is 12.1 Å². The average Bonchev–Trinajstić information content (AvgIpc) is 2.37. The zero-order chi connectivity index (χ0) is 14.3. The molecule has 102 valence electrons. The number of hydrogen-bond donors (Lipinski definition) is 2. The Balaban J connectivity index is 2.58. The summed E-state index contributed by atoms with van der Waals surface area (Å²) in [6.45, 7) is 4.85. The maximum absolute atomic E-state index is 12.0. The monoisotopic (exact) mass is 260 g/mol. The molecule has 0 bridgehead atoms. The molecule has 0 aliphatic heterocycles. The van der Waals surface area contributed by atoms with Crippen molar-refractivity contribution in [1.29, 1.82) is 5.26 Å². The van der Waals surface area contributed by atoms with Crippen LogP contribution in [-0.4, -0.2) is 29.9 Å². The number of nitriles is 1. The Morgan fingerprint density at radius 2 is 2.16 bits per heavy atom. The zero-order valence-corrected chi connectivity index (χ0v) is 11.4. The first-order chi connectivity index (χ1) is 9.04. The molecule has 0 aromatic heterocycles. The molecule has 0 heterocycles. The van der Waals surface area contributed by atoms with Gasteiger partial charge in [0, 0.05) is 19.0 Å². The first kappa shape index (κ1) is 15.0. The van der Waals surface area contributed by atoms with Crippen LogP contribution >= 0.6 is 0 Å². The first-order valence-corrected chi connectivity index (χ1v) is 6.30. The second-order valence-electron chi connectivity index (χ2n) is 4.61. The molecule has 0 aliphatic rings. The molecule has 5 nitrogen and oxygen atoms in total. The number of para-hydroxylation sites is 2. The van der Waals surface area contributed by atoms with E-state index in [4.69, 9.17) is 11.0 Å². The lowest BCUT2D eigenvalue weighted by Gasteiger charge is -2.24. The number of hydrogen-bond acceptors (Lipinski definition) is 4. The van der Waals surface area contributed by atoms with Gasteiger partial charge < -0.3 is 11.1 Å². The number of rotatable bonds is 6. The van der Waals surface area contributed by atoms with Crippen LogP contribution in [0.3, 0.4) is 0 Å². The van der Waals surface area contributed by atoms with Crippen LogP contribution in [0.4, 0.5) is 11.4 Å². The second-order valence-corrected chi connectivity index (χ2v) is 4.61. The fourth-order valence-electron chi connectivity index (χ4n) is 1.70. The minimum absolute atomic E-state index is 0.121. The Kier molecular flexibility index (Phi) is 5.83. The van der Waals surface area contributed by atoms with Crippen molar-refractivity contribution in [3.8, 4) is 6.07 Å². The summed E-state index contributed by atoms with van der Waals surface area (Å²) in [4.78, 5) is 13.9. The molecule has 1 aromatic rings. The zero-order valence-electron chi connectivity index (χ0n) is 11.4. The van der Waals surface area contributed by atoms with Crippen molar-refractivity contribution in [3.63, 3.8) is 0 Å². The molecule has 0 saturated heterocycles. The predicted octanol–water partition coefficient (Wildman–Crippen LogP) is 1.83. The van der Waals surface area contributed by atoms with Crippen LogP contribution < -0.4 is 11.1 Å². The number of anilines is 2. The Bertz CT molecular complexity index is 465. The lowest BCUT2D eigenvalue weighted by Crippen LogP contribution is -2.38. The van der Waals surface area contributed by atoms with Crippen molar-refractivity contribution >= 4 is 17.3 Å². The summed E-state index contributed by atoms with van der Waals surface area (Å²) in [7, 11) is 0.